The van der Waals surface area contributed by atoms with Crippen LogP contribution in [-0.4, -0.2) is 11.1 Å². The predicted octanol–water partition coefficient (Wildman–Crippen LogP) is 3.29. The van der Waals surface area contributed by atoms with E-state index in [1.54, 1.807) is 11.3 Å². The van der Waals surface area contributed by atoms with E-state index in [1.165, 1.54) is 0 Å². The van der Waals surface area contributed by atoms with E-state index in [2.05, 4.69) is 15.9 Å². The number of hydrogen-bond donors (Lipinski definition) is 1. The molecule has 72 valence electrons. The number of carbonyl (C=O) groups is 1. The van der Waals surface area contributed by atoms with Gasteiger partial charge in [-0.05, 0) is 27.6 Å². The van der Waals surface area contributed by atoms with Crippen molar-refractivity contribution < 1.29 is 9.90 Å². The van der Waals surface area contributed by atoms with Crippen LogP contribution in [0.5, 0.6) is 0 Å². The van der Waals surface area contributed by atoms with Crippen LogP contribution in [0.2, 0.25) is 0 Å². The summed E-state index contributed by atoms with van der Waals surface area (Å²) in [5.74, 6) is -0.792. The van der Waals surface area contributed by atoms with Crippen molar-refractivity contribution in [3.8, 4) is 0 Å². The molecule has 0 spiro atoms. The number of rotatable bonds is 2. The molecule has 0 radical (unpaired) electrons. The van der Waals surface area contributed by atoms with Gasteiger partial charge in [-0.3, -0.25) is 4.79 Å². The van der Waals surface area contributed by atoms with Crippen molar-refractivity contribution in [3.05, 3.63) is 33.6 Å². The third-order valence-corrected chi connectivity index (χ3v) is 3.85. The van der Waals surface area contributed by atoms with Crippen molar-refractivity contribution in [2.24, 2.45) is 0 Å². The third kappa shape index (κ3) is 1.81. The molecule has 0 saturated carbocycles. The van der Waals surface area contributed by atoms with Crippen LogP contribution in [0.25, 0.3) is 10.1 Å². The Morgan fingerprint density at radius 2 is 2.29 bits per heavy atom. The molecule has 0 amide bonds. The van der Waals surface area contributed by atoms with Gasteiger partial charge in [-0.2, -0.15) is 0 Å². The summed E-state index contributed by atoms with van der Waals surface area (Å²) < 4.78 is 2.19. The number of halogens is 1. The maximum absolute atomic E-state index is 10.5. The molecule has 2 aromatic rings. The van der Waals surface area contributed by atoms with Crippen LogP contribution in [0.15, 0.2) is 28.1 Å². The lowest BCUT2D eigenvalue weighted by Crippen LogP contribution is -1.99. The second kappa shape index (κ2) is 3.71. The SMILES string of the molecule is O=C(O)Cc1ccc2c(Br)csc2c1. The number of carboxylic acids is 1. The van der Waals surface area contributed by atoms with E-state index in [4.69, 9.17) is 5.11 Å². The van der Waals surface area contributed by atoms with Crippen molar-refractivity contribution in [3.63, 3.8) is 0 Å². The predicted molar refractivity (Wildman–Crippen MR) is 60.9 cm³/mol. The summed E-state index contributed by atoms with van der Waals surface area (Å²) in [4.78, 5) is 10.5. The van der Waals surface area contributed by atoms with Gasteiger partial charge in [0.05, 0.1) is 6.42 Å². The van der Waals surface area contributed by atoms with E-state index < -0.39 is 5.97 Å². The Balaban J connectivity index is 2.46. The van der Waals surface area contributed by atoms with Crippen molar-refractivity contribution in [1.82, 2.24) is 0 Å². The highest BCUT2D eigenvalue weighted by Gasteiger charge is 2.04. The van der Waals surface area contributed by atoms with Crippen LogP contribution in [0.3, 0.4) is 0 Å². The lowest BCUT2D eigenvalue weighted by Gasteiger charge is -1.97. The first-order valence-electron chi connectivity index (χ1n) is 4.04. The minimum absolute atomic E-state index is 0.0887. The standard InChI is InChI=1S/C10H7BrO2S/c11-8-5-14-9-3-6(4-10(12)13)1-2-7(8)9/h1-3,5H,4H2,(H,12,13). The van der Waals surface area contributed by atoms with Crippen LogP contribution in [0.4, 0.5) is 0 Å². The summed E-state index contributed by atoms with van der Waals surface area (Å²) in [5.41, 5.74) is 0.847. The summed E-state index contributed by atoms with van der Waals surface area (Å²) in [6.45, 7) is 0. The molecule has 0 aliphatic heterocycles. The fourth-order valence-electron chi connectivity index (χ4n) is 1.32. The quantitative estimate of drug-likeness (QED) is 0.910. The Bertz CT molecular complexity index is 490. The Hall–Kier alpha value is -0.870. The normalized spacial score (nSPS) is 10.6. The van der Waals surface area contributed by atoms with Crippen molar-refractivity contribution in [2.75, 3.05) is 0 Å². The third-order valence-electron chi connectivity index (χ3n) is 1.95. The monoisotopic (exact) mass is 270 g/mol. The van der Waals surface area contributed by atoms with Crippen LogP contribution >= 0.6 is 27.3 Å². The molecular formula is C10H7BrO2S. The second-order valence-corrected chi connectivity index (χ2v) is 4.75. The molecule has 1 aromatic heterocycles. The highest BCUT2D eigenvalue weighted by atomic mass is 79.9. The van der Waals surface area contributed by atoms with Gasteiger partial charge in [-0.1, -0.05) is 12.1 Å². The summed E-state index contributed by atoms with van der Waals surface area (Å²) in [6, 6.07) is 5.74. The van der Waals surface area contributed by atoms with Gasteiger partial charge in [-0.15, -0.1) is 11.3 Å². The molecule has 1 N–H and O–H groups in total. The smallest absolute Gasteiger partial charge is 0.307 e. The number of thiophene rings is 1. The topological polar surface area (TPSA) is 37.3 Å². The van der Waals surface area contributed by atoms with Gasteiger partial charge >= 0.3 is 5.97 Å². The molecule has 0 fully saturated rings. The fraction of sp³-hybridized carbons (Fsp3) is 0.100. The fourth-order valence-corrected chi connectivity index (χ4v) is 2.96. The zero-order valence-corrected chi connectivity index (χ0v) is 9.56. The minimum atomic E-state index is -0.792. The van der Waals surface area contributed by atoms with E-state index in [0.717, 1.165) is 20.1 Å². The lowest BCUT2D eigenvalue weighted by atomic mass is 10.1. The van der Waals surface area contributed by atoms with Gasteiger partial charge in [0.15, 0.2) is 0 Å². The Morgan fingerprint density at radius 1 is 1.50 bits per heavy atom. The average molecular weight is 271 g/mol. The first-order valence-corrected chi connectivity index (χ1v) is 5.71. The summed E-state index contributed by atoms with van der Waals surface area (Å²) in [7, 11) is 0. The Morgan fingerprint density at radius 3 is 3.00 bits per heavy atom. The molecule has 4 heteroatoms. The summed E-state index contributed by atoms with van der Waals surface area (Å²) in [5, 5.41) is 11.8. The molecule has 14 heavy (non-hydrogen) atoms. The molecule has 1 aromatic carbocycles. The number of benzene rings is 1. The molecule has 0 aliphatic carbocycles. The molecule has 0 atom stereocenters. The van der Waals surface area contributed by atoms with Gasteiger partial charge in [0, 0.05) is 19.9 Å². The molecule has 2 rings (SSSR count). The van der Waals surface area contributed by atoms with Crippen LogP contribution in [-0.2, 0) is 11.2 Å². The van der Waals surface area contributed by atoms with Gasteiger partial charge in [0.1, 0.15) is 0 Å². The van der Waals surface area contributed by atoms with Crippen LogP contribution in [0.1, 0.15) is 5.56 Å². The van der Waals surface area contributed by atoms with E-state index in [0.29, 0.717) is 0 Å². The highest BCUT2D eigenvalue weighted by Crippen LogP contribution is 2.30. The minimum Gasteiger partial charge on any atom is -0.481 e. The van der Waals surface area contributed by atoms with Gasteiger partial charge in [-0.25, -0.2) is 0 Å². The molecule has 0 aliphatic rings. The van der Waals surface area contributed by atoms with E-state index in [9.17, 15) is 4.79 Å². The van der Waals surface area contributed by atoms with E-state index >= 15 is 0 Å². The molecule has 2 nitrogen and oxygen atoms in total. The van der Waals surface area contributed by atoms with Crippen molar-refractivity contribution in [2.45, 2.75) is 6.42 Å². The molecular weight excluding hydrogens is 264 g/mol. The number of carboxylic acid groups (broad SMARTS) is 1. The van der Waals surface area contributed by atoms with Crippen LogP contribution in [0, 0.1) is 0 Å². The first kappa shape index (κ1) is 9.68. The molecule has 0 bridgehead atoms. The van der Waals surface area contributed by atoms with Crippen molar-refractivity contribution in [1.29, 1.82) is 0 Å². The maximum Gasteiger partial charge on any atom is 0.307 e. The van der Waals surface area contributed by atoms with Crippen LogP contribution < -0.4 is 0 Å². The largest absolute Gasteiger partial charge is 0.481 e. The first-order chi connectivity index (χ1) is 6.66. The lowest BCUT2D eigenvalue weighted by molar-refractivity contribution is -0.136. The maximum atomic E-state index is 10.5. The van der Waals surface area contributed by atoms with Gasteiger partial charge in [0.25, 0.3) is 0 Å². The average Bonchev–Trinajstić information content (AvgIpc) is 2.46. The zero-order chi connectivity index (χ0) is 10.1. The summed E-state index contributed by atoms with van der Waals surface area (Å²) >= 11 is 5.05. The van der Waals surface area contributed by atoms with E-state index in [1.807, 2.05) is 23.6 Å². The number of fused-ring (bicyclic) bond motifs is 1. The Labute approximate surface area is 93.3 Å². The second-order valence-electron chi connectivity index (χ2n) is 2.98. The molecule has 0 unspecified atom stereocenters. The molecule has 1 heterocycles. The summed E-state index contributed by atoms with van der Waals surface area (Å²) in [6.07, 6.45) is 0.0887. The Kier molecular flexibility index (Phi) is 2.56. The molecule has 0 saturated heterocycles. The van der Waals surface area contributed by atoms with Gasteiger partial charge in [0.2, 0.25) is 0 Å². The zero-order valence-electron chi connectivity index (χ0n) is 7.16. The van der Waals surface area contributed by atoms with E-state index in [-0.39, 0.29) is 6.42 Å². The van der Waals surface area contributed by atoms with Gasteiger partial charge < -0.3 is 5.11 Å². The number of aliphatic carboxylic acids is 1. The highest BCUT2D eigenvalue weighted by molar-refractivity contribution is 9.10. The van der Waals surface area contributed by atoms with Crippen molar-refractivity contribution >= 4 is 43.3 Å². The number of hydrogen-bond acceptors (Lipinski definition) is 2.